The van der Waals surface area contributed by atoms with Crippen LogP contribution in [0.3, 0.4) is 0 Å². The second-order valence-electron chi connectivity index (χ2n) is 4.17. The summed E-state index contributed by atoms with van der Waals surface area (Å²) >= 11 is 0. The van der Waals surface area contributed by atoms with Gasteiger partial charge in [-0.05, 0) is 25.5 Å². The number of fused-ring (bicyclic) bond motifs is 1. The fourth-order valence-corrected chi connectivity index (χ4v) is 1.82. The van der Waals surface area contributed by atoms with Gasteiger partial charge in [-0.15, -0.1) is 0 Å². The average Bonchev–Trinajstić information content (AvgIpc) is 2.27. The molecule has 0 fully saturated rings. The van der Waals surface area contributed by atoms with Crippen LogP contribution in [0.15, 0.2) is 29.8 Å². The summed E-state index contributed by atoms with van der Waals surface area (Å²) in [6.45, 7) is 3.90. The first-order chi connectivity index (χ1) is 7.70. The van der Waals surface area contributed by atoms with Crippen molar-refractivity contribution >= 4 is 11.6 Å². The van der Waals surface area contributed by atoms with E-state index in [1.807, 2.05) is 44.1 Å². The number of benzene rings is 1. The maximum Gasteiger partial charge on any atom is 0.161 e. The molecule has 84 valence electrons. The lowest BCUT2D eigenvalue weighted by atomic mass is 9.99. The van der Waals surface area contributed by atoms with Crippen LogP contribution in [0.25, 0.3) is 0 Å². The van der Waals surface area contributed by atoms with Gasteiger partial charge in [0.05, 0.1) is 11.7 Å². The molecule has 1 N–H and O–H groups in total. The molecule has 1 atom stereocenters. The van der Waals surface area contributed by atoms with Crippen molar-refractivity contribution in [1.29, 1.82) is 0 Å². The number of ether oxygens (including phenoxy) is 1. The van der Waals surface area contributed by atoms with Gasteiger partial charge in [-0.1, -0.05) is 18.2 Å². The highest BCUT2D eigenvalue weighted by Crippen LogP contribution is 2.27. The molecule has 0 radical (unpaired) electrons. The minimum Gasteiger partial charge on any atom is -0.356 e. The van der Waals surface area contributed by atoms with Crippen LogP contribution in [-0.2, 0) is 16.0 Å². The summed E-state index contributed by atoms with van der Waals surface area (Å²) in [6.07, 6.45) is 0.350. The normalized spacial score (nSPS) is 18.9. The third kappa shape index (κ3) is 2.16. The fraction of sp³-hybridized carbons (Fsp3) is 0.385. The summed E-state index contributed by atoms with van der Waals surface area (Å²) in [7, 11) is 0. The SMILES string of the molecule is CC(C)OC1Nc2ccccc2CC1=C=O. The third-order valence-corrected chi connectivity index (χ3v) is 2.54. The van der Waals surface area contributed by atoms with Crippen molar-refractivity contribution < 1.29 is 9.53 Å². The van der Waals surface area contributed by atoms with Crippen molar-refractivity contribution in [3.05, 3.63) is 35.4 Å². The first kappa shape index (κ1) is 10.9. The number of hydrogen-bond donors (Lipinski definition) is 1. The lowest BCUT2D eigenvalue weighted by Gasteiger charge is -2.29. The van der Waals surface area contributed by atoms with Gasteiger partial charge in [-0.3, -0.25) is 0 Å². The summed E-state index contributed by atoms with van der Waals surface area (Å²) in [6, 6.07) is 7.93. The Kier molecular flexibility index (Phi) is 3.09. The van der Waals surface area contributed by atoms with E-state index in [0.29, 0.717) is 12.0 Å². The van der Waals surface area contributed by atoms with Crippen molar-refractivity contribution in [3.63, 3.8) is 0 Å². The van der Waals surface area contributed by atoms with E-state index in [1.54, 1.807) is 0 Å². The Labute approximate surface area is 95.1 Å². The molecule has 0 bridgehead atoms. The van der Waals surface area contributed by atoms with E-state index < -0.39 is 0 Å². The van der Waals surface area contributed by atoms with E-state index in [0.717, 1.165) is 11.3 Å². The predicted molar refractivity (Wildman–Crippen MR) is 63.0 cm³/mol. The van der Waals surface area contributed by atoms with Crippen molar-refractivity contribution in [3.8, 4) is 0 Å². The number of anilines is 1. The smallest absolute Gasteiger partial charge is 0.161 e. The number of nitrogens with one attached hydrogen (secondary N) is 1. The first-order valence-electron chi connectivity index (χ1n) is 5.44. The maximum atomic E-state index is 10.9. The molecule has 1 aromatic carbocycles. The van der Waals surface area contributed by atoms with Gasteiger partial charge in [0, 0.05) is 12.1 Å². The van der Waals surface area contributed by atoms with Gasteiger partial charge in [0.1, 0.15) is 5.94 Å². The van der Waals surface area contributed by atoms with E-state index in [2.05, 4.69) is 5.32 Å². The highest BCUT2D eigenvalue weighted by atomic mass is 16.5. The Balaban J connectivity index is 2.28. The molecule has 16 heavy (non-hydrogen) atoms. The molecular weight excluding hydrogens is 202 g/mol. The van der Waals surface area contributed by atoms with Crippen LogP contribution in [0.4, 0.5) is 5.69 Å². The zero-order valence-electron chi connectivity index (χ0n) is 9.49. The summed E-state index contributed by atoms with van der Waals surface area (Å²) in [4.78, 5) is 10.9. The van der Waals surface area contributed by atoms with Crippen molar-refractivity contribution in [1.82, 2.24) is 0 Å². The monoisotopic (exact) mass is 217 g/mol. The Bertz CT molecular complexity index is 433. The lowest BCUT2D eigenvalue weighted by Crippen LogP contribution is -2.33. The second kappa shape index (κ2) is 4.52. The van der Waals surface area contributed by atoms with Crippen LogP contribution >= 0.6 is 0 Å². The molecule has 3 heteroatoms. The minimum atomic E-state index is -0.340. The van der Waals surface area contributed by atoms with Crippen molar-refractivity contribution in [2.45, 2.75) is 32.6 Å². The second-order valence-corrected chi connectivity index (χ2v) is 4.17. The van der Waals surface area contributed by atoms with Crippen LogP contribution in [-0.4, -0.2) is 18.3 Å². The van der Waals surface area contributed by atoms with Gasteiger partial charge in [0.25, 0.3) is 0 Å². The van der Waals surface area contributed by atoms with Gasteiger partial charge in [0.2, 0.25) is 0 Å². The van der Waals surface area contributed by atoms with E-state index in [4.69, 9.17) is 4.74 Å². The molecule has 1 unspecified atom stereocenters. The van der Waals surface area contributed by atoms with Crippen LogP contribution in [0.5, 0.6) is 0 Å². The molecule has 0 spiro atoms. The molecular formula is C13H15NO2. The number of carbonyl (C=O) groups excluding carboxylic acids is 1. The Hall–Kier alpha value is -1.57. The molecule has 0 saturated heterocycles. The summed E-state index contributed by atoms with van der Waals surface area (Å²) in [5.74, 6) is 1.98. The number of rotatable bonds is 2. The van der Waals surface area contributed by atoms with Crippen LogP contribution < -0.4 is 5.32 Å². The van der Waals surface area contributed by atoms with Gasteiger partial charge < -0.3 is 10.1 Å². The highest BCUT2D eigenvalue weighted by molar-refractivity contribution is 5.65. The third-order valence-electron chi connectivity index (χ3n) is 2.54. The molecule has 1 aliphatic heterocycles. The van der Waals surface area contributed by atoms with Gasteiger partial charge in [-0.25, -0.2) is 4.79 Å². The van der Waals surface area contributed by atoms with Crippen molar-refractivity contribution in [2.24, 2.45) is 0 Å². The quantitative estimate of drug-likeness (QED) is 0.771. The molecule has 3 nitrogen and oxygen atoms in total. The molecule has 1 aromatic rings. The first-order valence-corrected chi connectivity index (χ1v) is 5.44. The van der Waals surface area contributed by atoms with Crippen LogP contribution in [0, 0.1) is 0 Å². The topological polar surface area (TPSA) is 38.3 Å². The fourth-order valence-electron chi connectivity index (χ4n) is 1.82. The van der Waals surface area contributed by atoms with Gasteiger partial charge in [0.15, 0.2) is 6.23 Å². The van der Waals surface area contributed by atoms with E-state index in [-0.39, 0.29) is 12.3 Å². The summed E-state index contributed by atoms with van der Waals surface area (Å²) < 4.78 is 5.64. The molecule has 0 amide bonds. The van der Waals surface area contributed by atoms with Crippen molar-refractivity contribution in [2.75, 3.05) is 5.32 Å². The number of para-hydroxylation sites is 1. The minimum absolute atomic E-state index is 0.0751. The van der Waals surface area contributed by atoms with E-state index in [9.17, 15) is 4.79 Å². The van der Waals surface area contributed by atoms with Gasteiger partial charge in [-0.2, -0.15) is 0 Å². The lowest BCUT2D eigenvalue weighted by molar-refractivity contribution is 0.0429. The zero-order chi connectivity index (χ0) is 11.5. The van der Waals surface area contributed by atoms with Gasteiger partial charge >= 0.3 is 0 Å². The van der Waals surface area contributed by atoms with E-state index >= 15 is 0 Å². The molecule has 1 aliphatic rings. The summed E-state index contributed by atoms with van der Waals surface area (Å²) in [5, 5.41) is 3.21. The Morgan fingerprint density at radius 3 is 2.88 bits per heavy atom. The predicted octanol–water partition coefficient (Wildman–Crippen LogP) is 2.16. The molecule has 0 aliphatic carbocycles. The average molecular weight is 217 g/mol. The molecule has 0 aromatic heterocycles. The largest absolute Gasteiger partial charge is 0.356 e. The zero-order valence-corrected chi connectivity index (χ0v) is 9.49. The Morgan fingerprint density at radius 1 is 1.44 bits per heavy atom. The molecule has 2 rings (SSSR count). The van der Waals surface area contributed by atoms with Crippen LogP contribution in [0.2, 0.25) is 0 Å². The molecule has 0 saturated carbocycles. The van der Waals surface area contributed by atoms with Crippen LogP contribution in [0.1, 0.15) is 19.4 Å². The Morgan fingerprint density at radius 2 is 2.19 bits per heavy atom. The maximum absolute atomic E-state index is 10.9. The molecule has 1 heterocycles. The summed E-state index contributed by atoms with van der Waals surface area (Å²) in [5.41, 5.74) is 2.78. The van der Waals surface area contributed by atoms with E-state index in [1.165, 1.54) is 0 Å². The standard InChI is InChI=1S/C13H15NO2/c1-9(2)16-13-11(8-15)7-10-5-3-4-6-12(10)14-13/h3-6,9,13-14H,7H2,1-2H3. The number of hydrogen-bond acceptors (Lipinski definition) is 3. The highest BCUT2D eigenvalue weighted by Gasteiger charge is 2.24.